The SMILES string of the molecule is COc1ccc(C(=O)NC2CCCC(C)(C)C2)cc1O. The second kappa shape index (κ2) is 5.73. The highest BCUT2D eigenvalue weighted by Crippen LogP contribution is 2.35. The Morgan fingerprint density at radius 1 is 1.45 bits per heavy atom. The summed E-state index contributed by atoms with van der Waals surface area (Å²) in [5.74, 6) is 0.232. The van der Waals surface area contributed by atoms with E-state index in [4.69, 9.17) is 4.74 Å². The van der Waals surface area contributed by atoms with Gasteiger partial charge in [-0.3, -0.25) is 4.79 Å². The van der Waals surface area contributed by atoms with Gasteiger partial charge in [0.25, 0.3) is 5.91 Å². The van der Waals surface area contributed by atoms with Crippen molar-refractivity contribution in [2.75, 3.05) is 7.11 Å². The molecule has 4 nitrogen and oxygen atoms in total. The summed E-state index contributed by atoms with van der Waals surface area (Å²) in [6, 6.07) is 4.94. The third-order valence-electron chi connectivity index (χ3n) is 3.98. The molecular formula is C16H23NO3. The molecule has 20 heavy (non-hydrogen) atoms. The van der Waals surface area contributed by atoms with Crippen LogP contribution in [-0.4, -0.2) is 24.2 Å². The van der Waals surface area contributed by atoms with E-state index in [1.807, 2.05) is 0 Å². The largest absolute Gasteiger partial charge is 0.504 e. The minimum Gasteiger partial charge on any atom is -0.504 e. The van der Waals surface area contributed by atoms with Gasteiger partial charge in [-0.15, -0.1) is 0 Å². The molecule has 0 spiro atoms. The third kappa shape index (κ3) is 3.44. The zero-order valence-corrected chi connectivity index (χ0v) is 12.4. The number of amides is 1. The number of benzene rings is 1. The predicted molar refractivity (Wildman–Crippen MR) is 78.2 cm³/mol. The molecule has 1 amide bonds. The fourth-order valence-corrected chi connectivity index (χ4v) is 2.92. The molecule has 1 aliphatic rings. The Hall–Kier alpha value is -1.71. The van der Waals surface area contributed by atoms with Gasteiger partial charge in [-0.1, -0.05) is 20.3 Å². The van der Waals surface area contributed by atoms with Gasteiger partial charge in [0.1, 0.15) is 0 Å². The second-order valence-electron chi connectivity index (χ2n) is 6.32. The van der Waals surface area contributed by atoms with Crippen molar-refractivity contribution in [1.82, 2.24) is 5.32 Å². The summed E-state index contributed by atoms with van der Waals surface area (Å²) >= 11 is 0. The lowest BCUT2D eigenvalue weighted by molar-refractivity contribution is 0.0902. The summed E-state index contributed by atoms with van der Waals surface area (Å²) in [4.78, 5) is 12.2. The molecule has 0 bridgehead atoms. The van der Waals surface area contributed by atoms with Crippen LogP contribution in [0.4, 0.5) is 0 Å². The van der Waals surface area contributed by atoms with Crippen molar-refractivity contribution in [2.45, 2.75) is 45.6 Å². The number of aromatic hydroxyl groups is 1. The van der Waals surface area contributed by atoms with Crippen molar-refractivity contribution in [2.24, 2.45) is 5.41 Å². The molecule has 1 fully saturated rings. The first kappa shape index (κ1) is 14.7. The minimum atomic E-state index is -0.134. The van der Waals surface area contributed by atoms with Gasteiger partial charge in [-0.2, -0.15) is 0 Å². The molecule has 1 aromatic rings. The molecule has 1 aromatic carbocycles. The second-order valence-corrected chi connectivity index (χ2v) is 6.32. The van der Waals surface area contributed by atoms with Gasteiger partial charge in [0, 0.05) is 11.6 Å². The monoisotopic (exact) mass is 277 g/mol. The molecule has 1 aliphatic carbocycles. The summed E-state index contributed by atoms with van der Waals surface area (Å²) in [5.41, 5.74) is 0.754. The van der Waals surface area contributed by atoms with Crippen molar-refractivity contribution in [3.63, 3.8) is 0 Å². The van der Waals surface area contributed by atoms with Gasteiger partial charge in [0.15, 0.2) is 11.5 Å². The Bertz CT molecular complexity index is 496. The van der Waals surface area contributed by atoms with Crippen LogP contribution in [0.2, 0.25) is 0 Å². The molecule has 0 saturated heterocycles. The molecule has 0 radical (unpaired) electrons. The quantitative estimate of drug-likeness (QED) is 0.892. The fourth-order valence-electron chi connectivity index (χ4n) is 2.92. The van der Waals surface area contributed by atoms with Gasteiger partial charge in [-0.25, -0.2) is 0 Å². The van der Waals surface area contributed by atoms with E-state index in [0.29, 0.717) is 11.3 Å². The summed E-state index contributed by atoms with van der Waals surface area (Å²) in [6.07, 6.45) is 4.38. The van der Waals surface area contributed by atoms with E-state index in [0.717, 1.165) is 19.3 Å². The molecule has 0 aromatic heterocycles. The van der Waals surface area contributed by atoms with Crippen molar-refractivity contribution >= 4 is 5.91 Å². The molecule has 110 valence electrons. The maximum atomic E-state index is 12.2. The number of ether oxygens (including phenoxy) is 1. The first-order valence-corrected chi connectivity index (χ1v) is 7.09. The number of hydrogen-bond donors (Lipinski definition) is 2. The molecule has 0 aliphatic heterocycles. The number of carbonyl (C=O) groups excluding carboxylic acids is 1. The summed E-state index contributed by atoms with van der Waals surface area (Å²) < 4.78 is 4.98. The highest BCUT2D eigenvalue weighted by atomic mass is 16.5. The first-order chi connectivity index (χ1) is 9.41. The normalized spacial score (nSPS) is 21.2. The van der Waals surface area contributed by atoms with Crippen LogP contribution in [0, 0.1) is 5.41 Å². The van der Waals surface area contributed by atoms with Crippen LogP contribution in [-0.2, 0) is 0 Å². The Morgan fingerprint density at radius 3 is 2.80 bits per heavy atom. The number of phenolic OH excluding ortho intramolecular Hbond substituents is 1. The fraction of sp³-hybridized carbons (Fsp3) is 0.562. The topological polar surface area (TPSA) is 58.6 Å². The van der Waals surface area contributed by atoms with Crippen molar-refractivity contribution in [3.05, 3.63) is 23.8 Å². The van der Waals surface area contributed by atoms with Gasteiger partial charge in [0.05, 0.1) is 7.11 Å². The molecular weight excluding hydrogens is 254 g/mol. The molecule has 1 saturated carbocycles. The van der Waals surface area contributed by atoms with E-state index in [9.17, 15) is 9.90 Å². The molecule has 4 heteroatoms. The Kier molecular flexibility index (Phi) is 4.21. The lowest BCUT2D eigenvalue weighted by atomic mass is 9.75. The van der Waals surface area contributed by atoms with E-state index in [1.165, 1.54) is 19.6 Å². The number of methoxy groups -OCH3 is 1. The molecule has 1 atom stereocenters. The van der Waals surface area contributed by atoms with Crippen LogP contribution in [0.5, 0.6) is 11.5 Å². The molecule has 2 N–H and O–H groups in total. The highest BCUT2D eigenvalue weighted by molar-refractivity contribution is 5.95. The molecule has 2 rings (SSSR count). The zero-order chi connectivity index (χ0) is 14.8. The van der Waals surface area contributed by atoms with E-state index in [-0.39, 0.29) is 23.1 Å². The Balaban J connectivity index is 2.03. The van der Waals surface area contributed by atoms with Crippen LogP contribution in [0.3, 0.4) is 0 Å². The van der Waals surface area contributed by atoms with Crippen molar-refractivity contribution in [1.29, 1.82) is 0 Å². The van der Waals surface area contributed by atoms with Crippen molar-refractivity contribution < 1.29 is 14.6 Å². The Morgan fingerprint density at radius 2 is 2.20 bits per heavy atom. The average Bonchev–Trinajstić information content (AvgIpc) is 2.37. The van der Waals surface area contributed by atoms with Crippen LogP contribution in [0.25, 0.3) is 0 Å². The number of rotatable bonds is 3. The summed E-state index contributed by atoms with van der Waals surface area (Å²) in [6.45, 7) is 4.48. The average molecular weight is 277 g/mol. The number of hydrogen-bond acceptors (Lipinski definition) is 3. The lowest BCUT2D eigenvalue weighted by Crippen LogP contribution is -2.40. The number of phenols is 1. The van der Waals surface area contributed by atoms with Crippen LogP contribution < -0.4 is 10.1 Å². The third-order valence-corrected chi connectivity index (χ3v) is 3.98. The first-order valence-electron chi connectivity index (χ1n) is 7.09. The van der Waals surface area contributed by atoms with Gasteiger partial charge in [0.2, 0.25) is 0 Å². The standard InChI is InChI=1S/C16H23NO3/c1-16(2)8-4-5-12(10-16)17-15(19)11-6-7-14(20-3)13(18)9-11/h6-7,9,12,18H,4-5,8,10H2,1-3H3,(H,17,19). The maximum absolute atomic E-state index is 12.2. The van der Waals surface area contributed by atoms with E-state index in [1.54, 1.807) is 12.1 Å². The van der Waals surface area contributed by atoms with E-state index in [2.05, 4.69) is 19.2 Å². The van der Waals surface area contributed by atoms with Crippen LogP contribution >= 0.6 is 0 Å². The smallest absolute Gasteiger partial charge is 0.251 e. The zero-order valence-electron chi connectivity index (χ0n) is 12.4. The predicted octanol–water partition coefficient (Wildman–Crippen LogP) is 3.10. The van der Waals surface area contributed by atoms with E-state index >= 15 is 0 Å². The maximum Gasteiger partial charge on any atom is 0.251 e. The van der Waals surface area contributed by atoms with Gasteiger partial charge < -0.3 is 15.2 Å². The molecule has 0 heterocycles. The number of nitrogens with one attached hydrogen (secondary N) is 1. The van der Waals surface area contributed by atoms with Crippen molar-refractivity contribution in [3.8, 4) is 11.5 Å². The van der Waals surface area contributed by atoms with Gasteiger partial charge >= 0.3 is 0 Å². The van der Waals surface area contributed by atoms with Crippen LogP contribution in [0.1, 0.15) is 49.9 Å². The summed E-state index contributed by atoms with van der Waals surface area (Å²) in [7, 11) is 1.49. The highest BCUT2D eigenvalue weighted by Gasteiger charge is 2.29. The molecule has 1 unspecified atom stereocenters. The van der Waals surface area contributed by atoms with Gasteiger partial charge in [-0.05, 0) is 42.9 Å². The Labute approximate surface area is 120 Å². The van der Waals surface area contributed by atoms with Crippen LogP contribution in [0.15, 0.2) is 18.2 Å². The summed E-state index contributed by atoms with van der Waals surface area (Å²) in [5, 5.41) is 12.8. The number of carbonyl (C=O) groups is 1. The lowest BCUT2D eigenvalue weighted by Gasteiger charge is -2.35. The van der Waals surface area contributed by atoms with E-state index < -0.39 is 0 Å². The minimum absolute atomic E-state index is 0.0101.